The Morgan fingerprint density at radius 2 is 1.78 bits per heavy atom. The number of halogens is 2. The molecule has 0 amide bonds. The van der Waals surface area contributed by atoms with Crippen LogP contribution in [0.15, 0.2) is 46.3 Å². The lowest BCUT2D eigenvalue weighted by Crippen LogP contribution is -2.35. The normalized spacial score (nSPS) is 16.0. The molecule has 0 radical (unpaired) electrons. The van der Waals surface area contributed by atoms with Gasteiger partial charge in [-0.15, -0.1) is 0 Å². The van der Waals surface area contributed by atoms with Gasteiger partial charge in [-0.3, -0.25) is 4.99 Å². The van der Waals surface area contributed by atoms with Crippen molar-refractivity contribution in [1.82, 2.24) is 4.31 Å². The molecule has 0 atom stereocenters. The maximum Gasteiger partial charge on any atom is 0.243 e. The number of piperidine rings is 1. The summed E-state index contributed by atoms with van der Waals surface area (Å²) in [6.45, 7) is 1.11. The zero-order valence-corrected chi connectivity index (χ0v) is 17.2. The Balaban J connectivity index is 1.87. The molecule has 5 nitrogen and oxygen atoms in total. The molecule has 0 spiro atoms. The average molecular weight is 427 g/mol. The SMILES string of the molecule is COc1cc(S(=O)(=O)N2CCCCC2)ccc1N=Cc1ccc(Cl)c(Cl)c1. The van der Waals surface area contributed by atoms with Crippen molar-refractivity contribution in [2.24, 2.45) is 4.99 Å². The van der Waals surface area contributed by atoms with Crippen molar-refractivity contribution in [3.63, 3.8) is 0 Å². The molecule has 0 aromatic heterocycles. The summed E-state index contributed by atoms with van der Waals surface area (Å²) in [5.41, 5.74) is 1.30. The summed E-state index contributed by atoms with van der Waals surface area (Å²) in [4.78, 5) is 4.61. The molecule has 1 heterocycles. The van der Waals surface area contributed by atoms with E-state index < -0.39 is 10.0 Å². The summed E-state index contributed by atoms with van der Waals surface area (Å²) in [5.74, 6) is 0.393. The fourth-order valence-electron chi connectivity index (χ4n) is 2.92. The number of nitrogens with zero attached hydrogens (tertiary/aromatic N) is 2. The third kappa shape index (κ3) is 4.63. The molecule has 1 fully saturated rings. The van der Waals surface area contributed by atoms with Crippen molar-refractivity contribution in [3.8, 4) is 5.75 Å². The largest absolute Gasteiger partial charge is 0.494 e. The van der Waals surface area contributed by atoms with Gasteiger partial charge in [0, 0.05) is 25.4 Å². The van der Waals surface area contributed by atoms with E-state index in [1.807, 2.05) is 0 Å². The van der Waals surface area contributed by atoms with E-state index in [9.17, 15) is 8.42 Å². The van der Waals surface area contributed by atoms with E-state index in [1.54, 1.807) is 36.5 Å². The van der Waals surface area contributed by atoms with Gasteiger partial charge in [0.1, 0.15) is 11.4 Å². The van der Waals surface area contributed by atoms with Gasteiger partial charge < -0.3 is 4.74 Å². The Morgan fingerprint density at radius 3 is 2.44 bits per heavy atom. The van der Waals surface area contributed by atoms with Crippen LogP contribution in [-0.4, -0.2) is 39.1 Å². The van der Waals surface area contributed by atoms with Crippen LogP contribution in [-0.2, 0) is 10.0 Å². The van der Waals surface area contributed by atoms with Crippen molar-refractivity contribution >= 4 is 45.1 Å². The molecule has 0 aliphatic carbocycles. The van der Waals surface area contributed by atoms with Crippen LogP contribution in [0.2, 0.25) is 10.0 Å². The van der Waals surface area contributed by atoms with Crippen LogP contribution in [0, 0.1) is 0 Å². The second-order valence-corrected chi connectivity index (χ2v) is 8.98. The highest BCUT2D eigenvalue weighted by Crippen LogP contribution is 2.32. The van der Waals surface area contributed by atoms with E-state index >= 15 is 0 Å². The van der Waals surface area contributed by atoms with Gasteiger partial charge in [0.2, 0.25) is 10.0 Å². The lowest BCUT2D eigenvalue weighted by atomic mass is 10.2. The van der Waals surface area contributed by atoms with Crippen LogP contribution in [0.3, 0.4) is 0 Å². The first kappa shape index (κ1) is 20.1. The number of methoxy groups -OCH3 is 1. The molecule has 1 saturated heterocycles. The molecule has 0 saturated carbocycles. The lowest BCUT2D eigenvalue weighted by Gasteiger charge is -2.26. The Kier molecular flexibility index (Phi) is 6.42. The van der Waals surface area contributed by atoms with E-state index in [4.69, 9.17) is 27.9 Å². The number of sulfonamides is 1. The number of aliphatic imine (C=N–C) groups is 1. The van der Waals surface area contributed by atoms with Gasteiger partial charge in [-0.25, -0.2) is 8.42 Å². The topological polar surface area (TPSA) is 59.0 Å². The third-order valence-corrected chi connectivity index (χ3v) is 7.03. The van der Waals surface area contributed by atoms with Crippen molar-refractivity contribution in [2.75, 3.05) is 20.2 Å². The summed E-state index contributed by atoms with van der Waals surface area (Å²) in [6, 6.07) is 9.91. The van der Waals surface area contributed by atoms with E-state index in [0.717, 1.165) is 24.8 Å². The maximum absolute atomic E-state index is 12.8. The third-order valence-electron chi connectivity index (χ3n) is 4.40. The fraction of sp³-hybridized carbons (Fsp3) is 0.316. The molecule has 0 N–H and O–H groups in total. The minimum atomic E-state index is -3.52. The number of benzene rings is 2. The highest BCUT2D eigenvalue weighted by Gasteiger charge is 2.26. The molecule has 1 aliphatic heterocycles. The Bertz CT molecular complexity index is 955. The summed E-state index contributed by atoms with van der Waals surface area (Å²) in [6.07, 6.45) is 4.47. The van der Waals surface area contributed by atoms with Gasteiger partial charge in [-0.1, -0.05) is 35.7 Å². The van der Waals surface area contributed by atoms with Gasteiger partial charge in [0.25, 0.3) is 0 Å². The van der Waals surface area contributed by atoms with E-state index in [-0.39, 0.29) is 4.90 Å². The predicted molar refractivity (Wildman–Crippen MR) is 109 cm³/mol. The van der Waals surface area contributed by atoms with Crippen LogP contribution in [0.4, 0.5) is 5.69 Å². The number of ether oxygens (including phenoxy) is 1. The lowest BCUT2D eigenvalue weighted by molar-refractivity contribution is 0.346. The first-order valence-corrected chi connectivity index (χ1v) is 10.8. The molecule has 1 aliphatic rings. The smallest absolute Gasteiger partial charge is 0.243 e. The van der Waals surface area contributed by atoms with Gasteiger partial charge >= 0.3 is 0 Å². The van der Waals surface area contributed by atoms with Crippen molar-refractivity contribution in [2.45, 2.75) is 24.2 Å². The molecule has 0 bridgehead atoms. The molecule has 0 unspecified atom stereocenters. The zero-order valence-electron chi connectivity index (χ0n) is 14.9. The first-order valence-electron chi connectivity index (χ1n) is 8.59. The minimum Gasteiger partial charge on any atom is -0.494 e. The number of rotatable bonds is 5. The Labute approximate surface area is 169 Å². The predicted octanol–water partition coefficient (Wildman–Crippen LogP) is 4.93. The van der Waals surface area contributed by atoms with Crippen molar-refractivity contribution in [1.29, 1.82) is 0 Å². The highest BCUT2D eigenvalue weighted by molar-refractivity contribution is 7.89. The maximum atomic E-state index is 12.8. The van der Waals surface area contributed by atoms with Crippen LogP contribution < -0.4 is 4.74 Å². The number of hydrogen-bond donors (Lipinski definition) is 0. The monoisotopic (exact) mass is 426 g/mol. The fourth-order valence-corrected chi connectivity index (χ4v) is 4.76. The standard InChI is InChI=1S/C19H20Cl2N2O3S/c1-26-19-12-15(27(24,25)23-9-3-2-4-10-23)6-8-18(19)22-13-14-5-7-16(20)17(21)11-14/h5-8,11-13H,2-4,9-10H2,1H3. The number of hydrogen-bond acceptors (Lipinski definition) is 4. The van der Waals surface area contributed by atoms with Gasteiger partial charge in [0.15, 0.2) is 0 Å². The quantitative estimate of drug-likeness (QED) is 0.636. The second kappa shape index (κ2) is 8.61. The molecular formula is C19H20Cl2N2O3S. The van der Waals surface area contributed by atoms with E-state index in [1.165, 1.54) is 17.5 Å². The molecular weight excluding hydrogens is 407 g/mol. The van der Waals surface area contributed by atoms with Crippen molar-refractivity contribution < 1.29 is 13.2 Å². The summed E-state index contributed by atoms with van der Waals surface area (Å²) >= 11 is 11.9. The molecule has 27 heavy (non-hydrogen) atoms. The van der Waals surface area contributed by atoms with Crippen LogP contribution in [0.5, 0.6) is 5.75 Å². The van der Waals surface area contributed by atoms with Crippen LogP contribution in [0.1, 0.15) is 24.8 Å². The molecule has 3 rings (SSSR count). The zero-order chi connectivity index (χ0) is 19.4. The van der Waals surface area contributed by atoms with Crippen LogP contribution in [0.25, 0.3) is 0 Å². The summed E-state index contributed by atoms with van der Waals surface area (Å²) in [7, 11) is -2.03. The Morgan fingerprint density at radius 1 is 1.04 bits per heavy atom. The van der Waals surface area contributed by atoms with Gasteiger partial charge in [-0.05, 0) is 42.7 Å². The molecule has 8 heteroatoms. The van der Waals surface area contributed by atoms with Gasteiger partial charge in [-0.2, -0.15) is 4.31 Å². The summed E-state index contributed by atoms with van der Waals surface area (Å²) < 4.78 is 32.5. The van der Waals surface area contributed by atoms with Crippen molar-refractivity contribution in [3.05, 3.63) is 52.0 Å². The minimum absolute atomic E-state index is 0.217. The molecule has 2 aromatic carbocycles. The van der Waals surface area contributed by atoms with Gasteiger partial charge in [0.05, 0.1) is 22.1 Å². The molecule has 2 aromatic rings. The van der Waals surface area contributed by atoms with Crippen LogP contribution >= 0.6 is 23.2 Å². The van der Waals surface area contributed by atoms with E-state index in [0.29, 0.717) is 34.6 Å². The van der Waals surface area contributed by atoms with E-state index in [2.05, 4.69) is 4.99 Å². The average Bonchev–Trinajstić information content (AvgIpc) is 2.69. The first-order chi connectivity index (χ1) is 12.9. The second-order valence-electron chi connectivity index (χ2n) is 6.23. The summed E-state index contributed by atoms with van der Waals surface area (Å²) in [5, 5.41) is 0.911. The Hall–Kier alpha value is -1.60. The molecule has 144 valence electrons. The highest BCUT2D eigenvalue weighted by atomic mass is 35.5.